The number of anilines is 1. The van der Waals surface area contributed by atoms with Gasteiger partial charge in [-0.05, 0) is 31.4 Å². The van der Waals surface area contributed by atoms with E-state index in [1.165, 1.54) is 36.8 Å². The molecule has 0 bridgehead atoms. The molecule has 0 radical (unpaired) electrons. The van der Waals surface area contributed by atoms with Crippen molar-refractivity contribution >= 4 is 17.0 Å². The molecule has 0 aliphatic heterocycles. The van der Waals surface area contributed by atoms with Crippen molar-refractivity contribution in [2.75, 3.05) is 5.73 Å². The minimum atomic E-state index is 0.562. The van der Waals surface area contributed by atoms with Crippen LogP contribution in [0.4, 0.5) is 5.95 Å². The van der Waals surface area contributed by atoms with Crippen molar-refractivity contribution in [3.63, 3.8) is 0 Å². The van der Waals surface area contributed by atoms with Gasteiger partial charge in [-0.1, -0.05) is 25.0 Å². The molecule has 2 aromatic rings. The second kappa shape index (κ2) is 3.51. The number of benzene rings is 1. The molecular weight excluding hydrogens is 198 g/mol. The Labute approximate surface area is 95.3 Å². The number of hydrogen-bond donors (Lipinski definition) is 1. The lowest BCUT2D eigenvalue weighted by Crippen LogP contribution is -2.08. The molecule has 2 N–H and O–H groups in total. The number of fused-ring (bicyclic) bond motifs is 1. The maximum atomic E-state index is 6.05. The zero-order valence-electron chi connectivity index (χ0n) is 9.61. The highest BCUT2D eigenvalue weighted by atomic mass is 15.2. The average Bonchev–Trinajstić information content (AvgIpc) is 2.85. The van der Waals surface area contributed by atoms with Crippen LogP contribution in [0.2, 0.25) is 0 Å². The van der Waals surface area contributed by atoms with Gasteiger partial charge in [-0.2, -0.15) is 0 Å². The van der Waals surface area contributed by atoms with Crippen molar-refractivity contribution in [2.45, 2.75) is 38.6 Å². The van der Waals surface area contributed by atoms with Gasteiger partial charge in [0.1, 0.15) is 0 Å². The van der Waals surface area contributed by atoms with Crippen LogP contribution in [0.1, 0.15) is 37.3 Å². The maximum Gasteiger partial charge on any atom is 0.201 e. The molecule has 1 aliphatic rings. The van der Waals surface area contributed by atoms with Crippen molar-refractivity contribution in [1.29, 1.82) is 0 Å². The topological polar surface area (TPSA) is 43.8 Å². The van der Waals surface area contributed by atoms with Crippen LogP contribution in [0, 0.1) is 6.92 Å². The largest absolute Gasteiger partial charge is 0.369 e. The monoisotopic (exact) mass is 215 g/mol. The molecule has 3 nitrogen and oxygen atoms in total. The molecule has 1 heterocycles. The summed E-state index contributed by atoms with van der Waals surface area (Å²) >= 11 is 0. The maximum absolute atomic E-state index is 6.05. The van der Waals surface area contributed by atoms with Crippen molar-refractivity contribution in [3.05, 3.63) is 23.8 Å². The Morgan fingerprint density at radius 3 is 2.81 bits per heavy atom. The van der Waals surface area contributed by atoms with Gasteiger partial charge < -0.3 is 10.3 Å². The average molecular weight is 215 g/mol. The molecule has 0 saturated heterocycles. The minimum absolute atomic E-state index is 0.562. The fourth-order valence-electron chi connectivity index (χ4n) is 2.82. The number of hydrogen-bond acceptors (Lipinski definition) is 2. The van der Waals surface area contributed by atoms with E-state index in [0.717, 1.165) is 5.52 Å². The molecule has 84 valence electrons. The van der Waals surface area contributed by atoms with E-state index >= 15 is 0 Å². The summed E-state index contributed by atoms with van der Waals surface area (Å²) in [6.45, 7) is 2.09. The molecule has 1 aliphatic carbocycles. The highest BCUT2D eigenvalue weighted by Crippen LogP contribution is 2.34. The molecule has 0 atom stereocenters. The van der Waals surface area contributed by atoms with Gasteiger partial charge in [-0.25, -0.2) is 4.98 Å². The molecule has 1 saturated carbocycles. The zero-order valence-corrected chi connectivity index (χ0v) is 9.61. The number of imidazole rings is 1. The van der Waals surface area contributed by atoms with Crippen LogP contribution in [0.15, 0.2) is 18.2 Å². The second-order valence-corrected chi connectivity index (χ2v) is 4.72. The molecule has 3 rings (SSSR count). The van der Waals surface area contributed by atoms with E-state index in [4.69, 9.17) is 5.73 Å². The summed E-state index contributed by atoms with van der Waals surface area (Å²) in [6.07, 6.45) is 5.11. The second-order valence-electron chi connectivity index (χ2n) is 4.72. The van der Waals surface area contributed by atoms with Gasteiger partial charge >= 0.3 is 0 Å². The third-order valence-corrected chi connectivity index (χ3v) is 3.64. The molecule has 1 fully saturated rings. The molecule has 1 aromatic carbocycles. The standard InChI is InChI=1S/C13H17N3/c1-9-5-4-8-11-12(9)15-13(14)16(11)10-6-2-3-7-10/h4-5,8,10H,2-3,6-7H2,1H3,(H2,14,15). The Hall–Kier alpha value is -1.51. The lowest BCUT2D eigenvalue weighted by molar-refractivity contribution is 0.539. The first-order valence-electron chi connectivity index (χ1n) is 6.00. The van der Waals surface area contributed by atoms with E-state index in [2.05, 4.69) is 34.7 Å². The van der Waals surface area contributed by atoms with Crippen LogP contribution >= 0.6 is 0 Å². The van der Waals surface area contributed by atoms with Gasteiger partial charge in [0.2, 0.25) is 5.95 Å². The summed E-state index contributed by atoms with van der Waals surface area (Å²) < 4.78 is 2.23. The van der Waals surface area contributed by atoms with E-state index < -0.39 is 0 Å². The van der Waals surface area contributed by atoms with E-state index in [1.807, 2.05) is 0 Å². The zero-order chi connectivity index (χ0) is 11.1. The van der Waals surface area contributed by atoms with Crippen LogP contribution in [-0.2, 0) is 0 Å². The summed E-state index contributed by atoms with van der Waals surface area (Å²) in [5.41, 5.74) is 9.52. The van der Waals surface area contributed by atoms with Crippen LogP contribution in [0.25, 0.3) is 11.0 Å². The van der Waals surface area contributed by atoms with E-state index in [1.54, 1.807) is 0 Å². The summed E-state index contributed by atoms with van der Waals surface area (Å²) in [7, 11) is 0. The Balaban J connectivity index is 2.22. The van der Waals surface area contributed by atoms with Gasteiger partial charge in [0.05, 0.1) is 11.0 Å². The summed E-state index contributed by atoms with van der Waals surface area (Å²) in [4.78, 5) is 4.50. The molecule has 1 aromatic heterocycles. The van der Waals surface area contributed by atoms with Crippen molar-refractivity contribution in [1.82, 2.24) is 9.55 Å². The van der Waals surface area contributed by atoms with Gasteiger partial charge in [-0.15, -0.1) is 0 Å². The fraction of sp³-hybridized carbons (Fsp3) is 0.462. The summed E-state index contributed by atoms with van der Waals surface area (Å²) in [5, 5.41) is 0. The van der Waals surface area contributed by atoms with E-state index in [9.17, 15) is 0 Å². The van der Waals surface area contributed by atoms with E-state index in [-0.39, 0.29) is 0 Å². The predicted molar refractivity (Wildman–Crippen MR) is 66.4 cm³/mol. The number of para-hydroxylation sites is 1. The third-order valence-electron chi connectivity index (χ3n) is 3.64. The number of rotatable bonds is 1. The lowest BCUT2D eigenvalue weighted by Gasteiger charge is -2.14. The normalized spacial score (nSPS) is 17.3. The van der Waals surface area contributed by atoms with Gasteiger partial charge in [0.15, 0.2) is 0 Å². The smallest absolute Gasteiger partial charge is 0.201 e. The van der Waals surface area contributed by atoms with Crippen LogP contribution < -0.4 is 5.73 Å². The van der Waals surface area contributed by atoms with Crippen molar-refractivity contribution in [2.24, 2.45) is 0 Å². The number of aromatic nitrogens is 2. The van der Waals surface area contributed by atoms with Crippen molar-refractivity contribution < 1.29 is 0 Å². The minimum Gasteiger partial charge on any atom is -0.369 e. The fourth-order valence-corrected chi connectivity index (χ4v) is 2.82. The third kappa shape index (κ3) is 1.31. The van der Waals surface area contributed by atoms with Crippen LogP contribution in [0.3, 0.4) is 0 Å². The lowest BCUT2D eigenvalue weighted by atomic mass is 10.2. The first kappa shape index (κ1) is 9.70. The first-order valence-corrected chi connectivity index (χ1v) is 6.00. The first-order chi connectivity index (χ1) is 7.77. The van der Waals surface area contributed by atoms with E-state index in [0.29, 0.717) is 12.0 Å². The predicted octanol–water partition coefficient (Wildman–Crippen LogP) is 3.04. The Morgan fingerprint density at radius 2 is 2.06 bits per heavy atom. The molecular formula is C13H17N3. The summed E-state index contributed by atoms with van der Waals surface area (Å²) in [5.74, 6) is 0.677. The Morgan fingerprint density at radius 1 is 1.31 bits per heavy atom. The van der Waals surface area contributed by atoms with Crippen molar-refractivity contribution in [3.8, 4) is 0 Å². The number of nitrogens with zero attached hydrogens (tertiary/aromatic N) is 2. The molecule has 0 unspecified atom stereocenters. The van der Waals surface area contributed by atoms with Gasteiger partial charge in [0, 0.05) is 6.04 Å². The quantitative estimate of drug-likeness (QED) is 0.794. The SMILES string of the molecule is Cc1cccc2c1nc(N)n2C1CCCC1. The molecule has 3 heteroatoms. The number of aryl methyl sites for hydroxylation is 1. The number of nitrogens with two attached hydrogens (primary N) is 1. The highest BCUT2D eigenvalue weighted by Gasteiger charge is 2.21. The Kier molecular flexibility index (Phi) is 2.13. The molecule has 16 heavy (non-hydrogen) atoms. The molecule has 0 spiro atoms. The highest BCUT2D eigenvalue weighted by molar-refractivity contribution is 5.81. The van der Waals surface area contributed by atoms with Crippen LogP contribution in [0.5, 0.6) is 0 Å². The molecule has 0 amide bonds. The number of nitrogen functional groups attached to an aromatic ring is 1. The van der Waals surface area contributed by atoms with Gasteiger partial charge in [-0.3, -0.25) is 0 Å². The van der Waals surface area contributed by atoms with Gasteiger partial charge in [0.25, 0.3) is 0 Å². The summed E-state index contributed by atoms with van der Waals surface area (Å²) in [6, 6.07) is 6.87. The van der Waals surface area contributed by atoms with Crippen LogP contribution in [-0.4, -0.2) is 9.55 Å². The Bertz CT molecular complexity index is 521.